The summed E-state index contributed by atoms with van der Waals surface area (Å²) in [5, 5.41) is 10.8. The molecule has 0 unspecified atom stereocenters. The maximum atomic E-state index is 12.0. The summed E-state index contributed by atoms with van der Waals surface area (Å²) in [4.78, 5) is 22.3. The number of nitro benzene ring substituents is 1. The van der Waals surface area contributed by atoms with E-state index in [4.69, 9.17) is 0 Å². The van der Waals surface area contributed by atoms with E-state index in [-0.39, 0.29) is 11.5 Å². The van der Waals surface area contributed by atoms with Crippen molar-refractivity contribution in [3.8, 4) is 11.1 Å². The molecule has 0 saturated carbocycles. The topological polar surface area (TPSA) is 65.1 Å². The number of ketones is 1. The fraction of sp³-hybridized carbons (Fsp3) is 0.353. The van der Waals surface area contributed by atoms with Crippen LogP contribution < -0.4 is 0 Å². The number of carbonyl (C=O) groups is 1. The van der Waals surface area contributed by atoms with Crippen molar-refractivity contribution in [2.45, 2.75) is 34.2 Å². The van der Waals surface area contributed by atoms with Crippen molar-refractivity contribution in [2.75, 3.05) is 0 Å². The molecule has 5 heteroatoms. The van der Waals surface area contributed by atoms with Crippen molar-refractivity contribution in [1.82, 2.24) is 4.57 Å². The molecule has 1 heterocycles. The van der Waals surface area contributed by atoms with Crippen LogP contribution in [0.1, 0.15) is 36.8 Å². The van der Waals surface area contributed by atoms with Crippen LogP contribution >= 0.6 is 0 Å². The van der Waals surface area contributed by atoms with E-state index in [9.17, 15) is 14.9 Å². The molecular formula is C17H20N2O3. The molecule has 0 aliphatic heterocycles. The molecule has 0 radical (unpaired) electrons. The zero-order valence-corrected chi connectivity index (χ0v) is 13.3. The van der Waals surface area contributed by atoms with Gasteiger partial charge in [0.1, 0.15) is 0 Å². The predicted octanol–water partition coefficient (Wildman–Crippen LogP) is 4.23. The second kappa shape index (κ2) is 6.13. The van der Waals surface area contributed by atoms with Gasteiger partial charge in [0.05, 0.1) is 4.92 Å². The number of benzene rings is 1. The number of non-ortho nitro benzene ring substituents is 1. The molecule has 2 rings (SSSR count). The summed E-state index contributed by atoms with van der Waals surface area (Å²) in [6.45, 7) is 8.57. The van der Waals surface area contributed by atoms with Crippen LogP contribution in [-0.2, 0) is 6.54 Å². The summed E-state index contributed by atoms with van der Waals surface area (Å²) in [7, 11) is 0. The first-order valence-electron chi connectivity index (χ1n) is 7.26. The molecule has 1 aromatic carbocycles. The van der Waals surface area contributed by atoms with E-state index in [0.29, 0.717) is 11.5 Å². The number of hydrogen-bond acceptors (Lipinski definition) is 3. The minimum absolute atomic E-state index is 0.00774. The van der Waals surface area contributed by atoms with Crippen molar-refractivity contribution < 1.29 is 9.72 Å². The fourth-order valence-electron chi connectivity index (χ4n) is 2.66. The smallest absolute Gasteiger partial charge is 0.269 e. The molecule has 2 aromatic rings. The third kappa shape index (κ3) is 3.08. The van der Waals surface area contributed by atoms with Crippen LogP contribution in [0.25, 0.3) is 11.1 Å². The van der Waals surface area contributed by atoms with E-state index in [1.165, 1.54) is 12.1 Å². The van der Waals surface area contributed by atoms with Crippen LogP contribution in [0.3, 0.4) is 0 Å². The van der Waals surface area contributed by atoms with Gasteiger partial charge in [0, 0.05) is 41.7 Å². The predicted molar refractivity (Wildman–Crippen MR) is 86.1 cm³/mol. The van der Waals surface area contributed by atoms with Crippen LogP contribution in [0.2, 0.25) is 0 Å². The lowest BCUT2D eigenvalue weighted by molar-refractivity contribution is -0.384. The number of hydrogen-bond donors (Lipinski definition) is 0. The van der Waals surface area contributed by atoms with Crippen molar-refractivity contribution in [2.24, 2.45) is 5.92 Å². The second-order valence-electron chi connectivity index (χ2n) is 5.91. The van der Waals surface area contributed by atoms with E-state index in [0.717, 1.165) is 23.4 Å². The fourth-order valence-corrected chi connectivity index (χ4v) is 2.66. The molecule has 0 saturated heterocycles. The first kappa shape index (κ1) is 15.9. The average Bonchev–Trinajstić information content (AvgIpc) is 2.75. The molecule has 22 heavy (non-hydrogen) atoms. The van der Waals surface area contributed by atoms with Crippen molar-refractivity contribution in [3.05, 3.63) is 51.8 Å². The minimum atomic E-state index is -0.426. The van der Waals surface area contributed by atoms with Gasteiger partial charge in [-0.2, -0.15) is 0 Å². The second-order valence-corrected chi connectivity index (χ2v) is 5.91. The Morgan fingerprint density at radius 3 is 2.32 bits per heavy atom. The number of rotatable bonds is 5. The van der Waals surface area contributed by atoms with E-state index >= 15 is 0 Å². The summed E-state index contributed by atoms with van der Waals surface area (Å²) in [5.74, 6) is 0.476. The molecule has 1 aromatic heterocycles. The van der Waals surface area contributed by atoms with Crippen LogP contribution in [0.4, 0.5) is 5.69 Å². The maximum Gasteiger partial charge on any atom is 0.269 e. The molecule has 0 bridgehead atoms. The monoisotopic (exact) mass is 300 g/mol. The lowest BCUT2D eigenvalue weighted by Gasteiger charge is -2.09. The number of carbonyl (C=O) groups excluding carboxylic acids is 1. The largest absolute Gasteiger partial charge is 0.350 e. The molecule has 116 valence electrons. The highest BCUT2D eigenvalue weighted by Crippen LogP contribution is 2.30. The Bertz CT molecular complexity index is 712. The normalized spacial score (nSPS) is 11.0. The van der Waals surface area contributed by atoms with Crippen LogP contribution in [0.5, 0.6) is 0 Å². The maximum absolute atomic E-state index is 12.0. The molecule has 0 spiro atoms. The molecule has 0 N–H and O–H groups in total. The first-order valence-corrected chi connectivity index (χ1v) is 7.26. The Labute approximate surface area is 129 Å². The van der Waals surface area contributed by atoms with Crippen molar-refractivity contribution in [3.63, 3.8) is 0 Å². The lowest BCUT2D eigenvalue weighted by atomic mass is 10.0. The molecule has 0 fully saturated rings. The molecular weight excluding hydrogens is 280 g/mol. The number of nitrogens with zero attached hydrogens (tertiary/aromatic N) is 2. The van der Waals surface area contributed by atoms with Gasteiger partial charge in [-0.15, -0.1) is 0 Å². The van der Waals surface area contributed by atoms with Crippen molar-refractivity contribution >= 4 is 11.5 Å². The van der Waals surface area contributed by atoms with Crippen molar-refractivity contribution in [1.29, 1.82) is 0 Å². The Morgan fingerprint density at radius 1 is 1.27 bits per heavy atom. The summed E-state index contributed by atoms with van der Waals surface area (Å²) >= 11 is 0. The zero-order chi connectivity index (χ0) is 16.4. The number of aromatic nitrogens is 1. The molecule has 0 atom stereocenters. The van der Waals surface area contributed by atoms with Crippen LogP contribution in [0.15, 0.2) is 30.5 Å². The average molecular weight is 300 g/mol. The summed E-state index contributed by atoms with van der Waals surface area (Å²) in [5.41, 5.74) is 3.33. The Hall–Kier alpha value is -2.43. The summed E-state index contributed by atoms with van der Waals surface area (Å²) < 4.78 is 2.08. The van der Waals surface area contributed by atoms with Crippen LogP contribution in [0, 0.1) is 23.0 Å². The number of nitro groups is 1. The van der Waals surface area contributed by atoms with E-state index in [1.807, 2.05) is 13.1 Å². The lowest BCUT2D eigenvalue weighted by Crippen LogP contribution is -2.06. The molecule has 5 nitrogen and oxygen atoms in total. The van der Waals surface area contributed by atoms with Gasteiger partial charge >= 0.3 is 0 Å². The van der Waals surface area contributed by atoms with Gasteiger partial charge in [-0.25, -0.2) is 0 Å². The number of Topliss-reactive ketones (excluding diaryl/α,β-unsaturated/α-hetero) is 1. The highest BCUT2D eigenvalue weighted by molar-refractivity contribution is 6.02. The Morgan fingerprint density at radius 2 is 1.86 bits per heavy atom. The standard InChI is InChI=1S/C17H20N2O3/c1-11(2)9-18-10-16(17(12(18)3)13(4)20)14-5-7-15(8-6-14)19(21)22/h5-8,10-11H,9H2,1-4H3. The third-order valence-electron chi connectivity index (χ3n) is 3.65. The van der Waals surface area contributed by atoms with E-state index in [1.54, 1.807) is 19.1 Å². The summed E-state index contributed by atoms with van der Waals surface area (Å²) in [6.07, 6.45) is 1.97. The van der Waals surface area contributed by atoms with Crippen LogP contribution in [-0.4, -0.2) is 15.3 Å². The van der Waals surface area contributed by atoms with E-state index in [2.05, 4.69) is 18.4 Å². The Balaban J connectivity index is 2.53. The van der Waals surface area contributed by atoms with Gasteiger partial charge < -0.3 is 4.57 Å². The third-order valence-corrected chi connectivity index (χ3v) is 3.65. The highest BCUT2D eigenvalue weighted by atomic mass is 16.6. The molecule has 0 aliphatic carbocycles. The first-order chi connectivity index (χ1) is 10.3. The molecule has 0 amide bonds. The van der Waals surface area contributed by atoms with Gasteiger partial charge in [0.15, 0.2) is 5.78 Å². The van der Waals surface area contributed by atoms with Gasteiger partial charge in [-0.3, -0.25) is 14.9 Å². The van der Waals surface area contributed by atoms with E-state index < -0.39 is 4.92 Å². The Kier molecular flexibility index (Phi) is 4.45. The minimum Gasteiger partial charge on any atom is -0.350 e. The van der Waals surface area contributed by atoms with Gasteiger partial charge in [-0.05, 0) is 37.5 Å². The summed E-state index contributed by atoms with van der Waals surface area (Å²) in [6, 6.07) is 6.32. The molecule has 0 aliphatic rings. The van der Waals surface area contributed by atoms with Gasteiger partial charge in [0.2, 0.25) is 0 Å². The van der Waals surface area contributed by atoms with Gasteiger partial charge in [0.25, 0.3) is 5.69 Å². The zero-order valence-electron chi connectivity index (χ0n) is 13.3. The SMILES string of the molecule is CC(=O)c1c(-c2ccc([N+](=O)[O-])cc2)cn(CC(C)C)c1C. The highest BCUT2D eigenvalue weighted by Gasteiger charge is 2.18. The quantitative estimate of drug-likeness (QED) is 0.471. The van der Waals surface area contributed by atoms with Gasteiger partial charge in [-0.1, -0.05) is 13.8 Å².